The number of rotatable bonds is 4. The first kappa shape index (κ1) is 20.4. The topological polar surface area (TPSA) is 87.2 Å². The van der Waals surface area contributed by atoms with Crippen molar-refractivity contribution in [3.8, 4) is 0 Å². The van der Waals surface area contributed by atoms with Gasteiger partial charge in [-0.15, -0.1) is 0 Å². The minimum atomic E-state index is -1.56. The van der Waals surface area contributed by atoms with Crippen molar-refractivity contribution < 1.29 is 23.9 Å². The van der Waals surface area contributed by atoms with Crippen molar-refractivity contribution in [1.82, 2.24) is 9.80 Å². The Morgan fingerprint density at radius 1 is 1.10 bits per heavy atom. The molecule has 160 valence electrons. The molecule has 30 heavy (non-hydrogen) atoms. The molecule has 0 unspecified atom stereocenters. The van der Waals surface area contributed by atoms with Crippen LogP contribution in [0.15, 0.2) is 24.3 Å². The molecule has 0 saturated carbocycles. The van der Waals surface area contributed by atoms with Crippen LogP contribution in [0, 0.1) is 0 Å². The monoisotopic (exact) mass is 413 g/mol. The smallest absolute Gasteiger partial charge is 0.354 e. The highest BCUT2D eigenvalue weighted by atomic mass is 16.5. The Labute approximate surface area is 175 Å². The summed E-state index contributed by atoms with van der Waals surface area (Å²) in [7, 11) is 0. The van der Waals surface area contributed by atoms with Crippen LogP contribution in [-0.4, -0.2) is 64.9 Å². The summed E-state index contributed by atoms with van der Waals surface area (Å²) in [5.74, 6) is -1.52. The fourth-order valence-electron chi connectivity index (χ4n) is 4.85. The zero-order valence-electron chi connectivity index (χ0n) is 17.4. The maximum atomic E-state index is 13.4. The van der Waals surface area contributed by atoms with Gasteiger partial charge in [0, 0.05) is 32.0 Å². The first-order chi connectivity index (χ1) is 14.4. The number of carbonyl (C=O) groups is 4. The molecular formula is C22H27N3O5. The predicted molar refractivity (Wildman–Crippen MR) is 109 cm³/mol. The maximum absolute atomic E-state index is 13.4. The molecule has 8 nitrogen and oxygen atoms in total. The van der Waals surface area contributed by atoms with Gasteiger partial charge in [-0.2, -0.15) is 0 Å². The van der Waals surface area contributed by atoms with Crippen LogP contribution in [-0.2, 0) is 19.1 Å². The van der Waals surface area contributed by atoms with Crippen LogP contribution in [0.4, 0.5) is 5.69 Å². The Kier molecular flexibility index (Phi) is 5.26. The van der Waals surface area contributed by atoms with Crippen molar-refractivity contribution >= 4 is 29.4 Å². The van der Waals surface area contributed by atoms with E-state index in [9.17, 15) is 19.2 Å². The zero-order valence-corrected chi connectivity index (χ0v) is 17.4. The van der Waals surface area contributed by atoms with E-state index in [1.807, 2.05) is 0 Å². The third-order valence-corrected chi connectivity index (χ3v) is 6.18. The van der Waals surface area contributed by atoms with E-state index in [0.29, 0.717) is 24.3 Å². The Bertz CT molecular complexity index is 893. The number of benzene rings is 1. The summed E-state index contributed by atoms with van der Waals surface area (Å²) in [6.07, 6.45) is 3.24. The molecule has 3 aliphatic heterocycles. The van der Waals surface area contributed by atoms with Gasteiger partial charge >= 0.3 is 5.97 Å². The average Bonchev–Trinajstić information content (AvgIpc) is 3.10. The second-order valence-electron chi connectivity index (χ2n) is 8.35. The highest BCUT2D eigenvalue weighted by Crippen LogP contribution is 2.45. The van der Waals surface area contributed by atoms with E-state index >= 15 is 0 Å². The lowest BCUT2D eigenvalue weighted by Crippen LogP contribution is -2.70. The number of para-hydroxylation sites is 1. The lowest BCUT2D eigenvalue weighted by Gasteiger charge is -2.50. The quantitative estimate of drug-likeness (QED) is 0.704. The van der Waals surface area contributed by atoms with Crippen LogP contribution >= 0.6 is 0 Å². The molecule has 3 heterocycles. The van der Waals surface area contributed by atoms with E-state index in [-0.39, 0.29) is 43.2 Å². The number of hydrogen-bond donors (Lipinski definition) is 0. The van der Waals surface area contributed by atoms with E-state index in [2.05, 4.69) is 0 Å². The van der Waals surface area contributed by atoms with E-state index in [0.717, 1.165) is 19.3 Å². The van der Waals surface area contributed by atoms with E-state index in [1.54, 1.807) is 43.0 Å². The van der Waals surface area contributed by atoms with E-state index in [1.165, 1.54) is 9.80 Å². The molecule has 3 aliphatic rings. The molecule has 2 fully saturated rings. The normalized spacial score (nSPS) is 23.5. The number of anilines is 1. The van der Waals surface area contributed by atoms with Gasteiger partial charge in [-0.3, -0.25) is 19.3 Å². The highest BCUT2D eigenvalue weighted by Gasteiger charge is 2.62. The molecule has 0 aliphatic carbocycles. The molecule has 4 rings (SSSR count). The molecule has 2 saturated heterocycles. The molecule has 0 bridgehead atoms. The molecule has 8 heteroatoms. The number of piperidine rings is 1. The number of amides is 3. The number of esters is 1. The van der Waals surface area contributed by atoms with Crippen LogP contribution in [0.3, 0.4) is 0 Å². The van der Waals surface area contributed by atoms with Gasteiger partial charge in [-0.25, -0.2) is 4.79 Å². The van der Waals surface area contributed by atoms with Gasteiger partial charge in [-0.05, 0) is 45.2 Å². The standard InChI is InChI=1S/C22H27N3O5/c1-15(2)24-20(28)16-8-4-5-9-17(16)25-18(26)10-11-22(24,25)21(29)30-14-19(27)23-12-6-3-7-13-23/h4-5,8-9,15H,3,6-7,10-14H2,1-2H3/t22-/m1/s1. The van der Waals surface area contributed by atoms with Gasteiger partial charge in [0.1, 0.15) is 0 Å². The van der Waals surface area contributed by atoms with Crippen molar-refractivity contribution in [3.05, 3.63) is 29.8 Å². The van der Waals surface area contributed by atoms with Crippen LogP contribution < -0.4 is 4.90 Å². The average molecular weight is 413 g/mol. The lowest BCUT2D eigenvalue weighted by molar-refractivity contribution is -0.163. The maximum Gasteiger partial charge on any atom is 0.354 e. The molecule has 1 atom stereocenters. The Morgan fingerprint density at radius 3 is 2.50 bits per heavy atom. The second-order valence-corrected chi connectivity index (χ2v) is 8.35. The fourth-order valence-corrected chi connectivity index (χ4v) is 4.85. The van der Waals surface area contributed by atoms with Gasteiger partial charge in [0.05, 0.1) is 11.3 Å². The molecule has 0 N–H and O–H groups in total. The molecule has 1 aromatic carbocycles. The Morgan fingerprint density at radius 2 is 1.80 bits per heavy atom. The summed E-state index contributed by atoms with van der Waals surface area (Å²) >= 11 is 0. The number of ether oxygens (including phenoxy) is 1. The third kappa shape index (κ3) is 3.05. The molecular weight excluding hydrogens is 386 g/mol. The van der Waals surface area contributed by atoms with Crippen molar-refractivity contribution in [2.45, 2.75) is 57.7 Å². The van der Waals surface area contributed by atoms with Gasteiger partial charge in [0.15, 0.2) is 6.61 Å². The number of carbonyl (C=O) groups excluding carboxylic acids is 4. The van der Waals surface area contributed by atoms with Gasteiger partial charge in [-0.1, -0.05) is 12.1 Å². The summed E-state index contributed by atoms with van der Waals surface area (Å²) in [5, 5.41) is 0. The minimum Gasteiger partial charge on any atom is -0.452 e. The largest absolute Gasteiger partial charge is 0.452 e. The summed E-state index contributed by atoms with van der Waals surface area (Å²) in [6.45, 7) is 4.55. The van der Waals surface area contributed by atoms with Crippen LogP contribution in [0.2, 0.25) is 0 Å². The summed E-state index contributed by atoms with van der Waals surface area (Å²) in [6, 6.07) is 6.46. The second kappa shape index (κ2) is 7.74. The highest BCUT2D eigenvalue weighted by molar-refractivity contribution is 6.15. The zero-order chi connectivity index (χ0) is 21.5. The lowest BCUT2D eigenvalue weighted by atomic mass is 9.95. The number of likely N-dealkylation sites (tertiary alicyclic amines) is 1. The van der Waals surface area contributed by atoms with Crippen molar-refractivity contribution in [3.63, 3.8) is 0 Å². The van der Waals surface area contributed by atoms with Gasteiger partial charge < -0.3 is 14.5 Å². The molecule has 0 aromatic heterocycles. The van der Waals surface area contributed by atoms with E-state index in [4.69, 9.17) is 4.74 Å². The van der Waals surface area contributed by atoms with Gasteiger partial charge in [0.2, 0.25) is 11.6 Å². The number of hydrogen-bond acceptors (Lipinski definition) is 5. The summed E-state index contributed by atoms with van der Waals surface area (Å²) in [5.41, 5.74) is -0.755. The SMILES string of the molecule is CC(C)N1C(=O)c2ccccc2N2C(=O)CC[C@]21C(=O)OCC(=O)N1CCCCC1. The number of nitrogens with zero attached hydrogens (tertiary/aromatic N) is 3. The fraction of sp³-hybridized carbons (Fsp3) is 0.545. The predicted octanol–water partition coefficient (Wildman–Crippen LogP) is 1.93. The Hall–Kier alpha value is -2.90. The molecule has 3 amide bonds. The summed E-state index contributed by atoms with van der Waals surface area (Å²) < 4.78 is 5.48. The molecule has 0 spiro atoms. The van der Waals surface area contributed by atoms with Crippen molar-refractivity contribution in [1.29, 1.82) is 0 Å². The van der Waals surface area contributed by atoms with Crippen molar-refractivity contribution in [2.75, 3.05) is 24.6 Å². The van der Waals surface area contributed by atoms with Crippen LogP contribution in [0.25, 0.3) is 0 Å². The first-order valence-corrected chi connectivity index (χ1v) is 10.6. The minimum absolute atomic E-state index is 0.125. The molecule has 1 aromatic rings. The first-order valence-electron chi connectivity index (χ1n) is 10.6. The van der Waals surface area contributed by atoms with Gasteiger partial charge in [0.25, 0.3) is 11.8 Å². The third-order valence-electron chi connectivity index (χ3n) is 6.18. The molecule has 0 radical (unpaired) electrons. The van der Waals surface area contributed by atoms with E-state index < -0.39 is 11.6 Å². The number of fused-ring (bicyclic) bond motifs is 3. The summed E-state index contributed by atoms with van der Waals surface area (Å²) in [4.78, 5) is 56.6. The van der Waals surface area contributed by atoms with Crippen molar-refractivity contribution in [2.24, 2.45) is 0 Å². The van der Waals surface area contributed by atoms with Crippen LogP contribution in [0.5, 0.6) is 0 Å². The van der Waals surface area contributed by atoms with Crippen LogP contribution in [0.1, 0.15) is 56.3 Å². The Balaban J connectivity index is 1.66.